The number of aromatic nitrogens is 2. The number of anilines is 3. The van der Waals surface area contributed by atoms with Crippen molar-refractivity contribution in [2.45, 2.75) is 0 Å². The molecule has 0 saturated heterocycles. The molecule has 0 spiro atoms. The predicted molar refractivity (Wildman–Crippen MR) is 300 cm³/mol. The number of fused-ring (bicyclic) bond motifs is 6. The van der Waals surface area contributed by atoms with E-state index < -0.39 is 8.07 Å². The van der Waals surface area contributed by atoms with E-state index in [4.69, 9.17) is 4.74 Å². The van der Waals surface area contributed by atoms with Crippen molar-refractivity contribution in [3.05, 3.63) is 285 Å². The van der Waals surface area contributed by atoms with Crippen LogP contribution in [0.5, 0.6) is 11.5 Å². The van der Waals surface area contributed by atoms with Crippen LogP contribution in [0, 0.1) is 5.82 Å². The van der Waals surface area contributed by atoms with Crippen LogP contribution in [0.4, 0.5) is 21.5 Å². The van der Waals surface area contributed by atoms with Crippen LogP contribution in [-0.2, 0) is 0 Å². The summed E-state index contributed by atoms with van der Waals surface area (Å²) < 4.78 is 25.6. The molecule has 0 amide bonds. The maximum absolute atomic E-state index is 14.7. The van der Waals surface area contributed by atoms with E-state index in [0.717, 1.165) is 78.2 Å². The average molecular weight is 944 g/mol. The maximum Gasteiger partial charge on any atom is 0.179 e. The molecule has 0 unspecified atom stereocenters. The first kappa shape index (κ1) is 42.8. The summed E-state index contributed by atoms with van der Waals surface area (Å²) in [5.41, 5.74) is 9.34. The van der Waals surface area contributed by atoms with Crippen molar-refractivity contribution in [3.63, 3.8) is 0 Å². The fourth-order valence-electron chi connectivity index (χ4n) is 11.0. The summed E-state index contributed by atoms with van der Waals surface area (Å²) in [4.78, 5) is 2.35. The lowest BCUT2D eigenvalue weighted by Crippen LogP contribution is -2.74. The highest BCUT2D eigenvalue weighted by molar-refractivity contribution is 7.20. The van der Waals surface area contributed by atoms with Gasteiger partial charge in [0.25, 0.3) is 0 Å². The Morgan fingerprint density at radius 3 is 1.26 bits per heavy atom. The normalized spacial score (nSPS) is 11.7. The summed E-state index contributed by atoms with van der Waals surface area (Å²) in [5.74, 6) is 1.26. The van der Waals surface area contributed by atoms with Crippen molar-refractivity contribution in [1.82, 2.24) is 9.13 Å². The summed E-state index contributed by atoms with van der Waals surface area (Å²) in [5, 5.41) is 9.72. The number of halogens is 1. The van der Waals surface area contributed by atoms with Crippen LogP contribution in [0.1, 0.15) is 0 Å². The van der Waals surface area contributed by atoms with E-state index in [1.807, 2.05) is 54.6 Å². The number of rotatable bonds is 11. The van der Waals surface area contributed by atoms with Gasteiger partial charge in [0.05, 0.1) is 22.1 Å². The summed E-state index contributed by atoms with van der Waals surface area (Å²) in [7, 11) is -2.91. The molecule has 4 nitrogen and oxygen atoms in total. The van der Waals surface area contributed by atoms with E-state index in [2.05, 4.69) is 226 Å². The minimum Gasteiger partial charge on any atom is -0.457 e. The zero-order valence-electron chi connectivity index (χ0n) is 39.2. The minimum absolute atomic E-state index is 0.270. The van der Waals surface area contributed by atoms with Gasteiger partial charge in [0, 0.05) is 50.0 Å². The first-order valence-electron chi connectivity index (χ1n) is 24.3. The van der Waals surface area contributed by atoms with Crippen LogP contribution < -0.4 is 30.4 Å². The molecule has 2 aromatic heterocycles. The molecule has 0 bridgehead atoms. The van der Waals surface area contributed by atoms with E-state index in [1.54, 1.807) is 12.1 Å². The Hall–Kier alpha value is -9.23. The number of para-hydroxylation sites is 3. The van der Waals surface area contributed by atoms with Gasteiger partial charge in [-0.1, -0.05) is 158 Å². The van der Waals surface area contributed by atoms with Crippen molar-refractivity contribution in [1.29, 1.82) is 0 Å². The molecule has 0 aliphatic carbocycles. The standard InChI is InChI=1S/C66H46FN3OSi/c67-47-30-32-50(33-31-47)70-65-42-37-52(45-61(65)62-46-58(40-43-66(62)70)72(55-22-10-3-11-23-55,56-24-12-4-13-25-56)57-26-14-5-15-27-57)68(49-34-38-54(39-35-49)71-53-20-8-2-9-21-53)51-36-41-64-60(44-51)59-28-16-17-29-63(59)69(64)48-18-6-1-7-19-48/h1-46H. The van der Waals surface area contributed by atoms with Gasteiger partial charge in [-0.25, -0.2) is 4.39 Å². The Bertz CT molecular complexity index is 3950. The van der Waals surface area contributed by atoms with Crippen LogP contribution >= 0.6 is 0 Å². The summed E-state index contributed by atoms with van der Waals surface area (Å²) in [6.07, 6.45) is 0. The fraction of sp³-hybridized carbons (Fsp3) is 0. The highest BCUT2D eigenvalue weighted by atomic mass is 28.3. The van der Waals surface area contributed by atoms with E-state index in [-0.39, 0.29) is 5.82 Å². The van der Waals surface area contributed by atoms with Gasteiger partial charge in [-0.2, -0.15) is 0 Å². The third-order valence-electron chi connectivity index (χ3n) is 14.1. The topological polar surface area (TPSA) is 22.3 Å². The van der Waals surface area contributed by atoms with Crippen molar-refractivity contribution < 1.29 is 9.13 Å². The molecule has 13 aromatic rings. The lowest BCUT2D eigenvalue weighted by Gasteiger charge is -2.34. The van der Waals surface area contributed by atoms with Gasteiger partial charge in [-0.05, 0) is 142 Å². The molecule has 0 fully saturated rings. The number of nitrogens with zero attached hydrogens (tertiary/aromatic N) is 3. The Balaban J connectivity index is 1.06. The Morgan fingerprint density at radius 1 is 0.306 bits per heavy atom. The van der Waals surface area contributed by atoms with Gasteiger partial charge < -0.3 is 18.8 Å². The van der Waals surface area contributed by atoms with Crippen molar-refractivity contribution in [2.75, 3.05) is 4.90 Å². The molecule has 0 radical (unpaired) electrons. The largest absolute Gasteiger partial charge is 0.457 e. The van der Waals surface area contributed by atoms with E-state index >= 15 is 0 Å². The first-order valence-corrected chi connectivity index (χ1v) is 26.3. The zero-order chi connectivity index (χ0) is 48.0. The van der Waals surface area contributed by atoms with E-state index in [0.29, 0.717) is 0 Å². The van der Waals surface area contributed by atoms with Crippen molar-refractivity contribution in [3.8, 4) is 22.9 Å². The summed E-state index contributed by atoms with van der Waals surface area (Å²) in [6, 6.07) is 98.1. The van der Waals surface area contributed by atoms with Gasteiger partial charge in [-0.15, -0.1) is 0 Å². The Morgan fingerprint density at radius 2 is 0.708 bits per heavy atom. The second-order valence-corrected chi connectivity index (χ2v) is 22.0. The Kier molecular flexibility index (Phi) is 10.7. The molecule has 2 heterocycles. The van der Waals surface area contributed by atoms with Gasteiger partial charge in [-0.3, -0.25) is 0 Å². The lowest BCUT2D eigenvalue weighted by atomic mass is 10.1. The molecule has 0 N–H and O–H groups in total. The molecule has 6 heteroatoms. The third-order valence-corrected chi connectivity index (χ3v) is 18.9. The molecule has 0 atom stereocenters. The second kappa shape index (κ2) is 17.9. The highest BCUT2D eigenvalue weighted by Gasteiger charge is 2.41. The van der Waals surface area contributed by atoms with Gasteiger partial charge >= 0.3 is 0 Å². The predicted octanol–water partition coefficient (Wildman–Crippen LogP) is 14.7. The highest BCUT2D eigenvalue weighted by Crippen LogP contribution is 2.43. The van der Waals surface area contributed by atoms with E-state index in [9.17, 15) is 4.39 Å². The number of hydrogen-bond donors (Lipinski definition) is 0. The lowest BCUT2D eigenvalue weighted by molar-refractivity contribution is 0.483. The van der Waals surface area contributed by atoms with Crippen LogP contribution in [0.3, 0.4) is 0 Å². The van der Waals surface area contributed by atoms with Crippen LogP contribution in [-0.4, -0.2) is 17.2 Å². The van der Waals surface area contributed by atoms with Crippen LogP contribution in [0.2, 0.25) is 0 Å². The summed E-state index contributed by atoms with van der Waals surface area (Å²) >= 11 is 0. The average Bonchev–Trinajstić information content (AvgIpc) is 3.95. The molecular weight excluding hydrogens is 898 g/mol. The van der Waals surface area contributed by atoms with Crippen LogP contribution in [0.25, 0.3) is 55.0 Å². The molecule has 0 aliphatic heterocycles. The molecule has 342 valence electrons. The summed E-state index contributed by atoms with van der Waals surface area (Å²) in [6.45, 7) is 0. The first-order chi connectivity index (χ1) is 35.6. The number of benzene rings is 11. The SMILES string of the molecule is Fc1ccc(-n2c3ccc(N(c4ccc(Oc5ccccc5)cc4)c4ccc5c(c4)c4ccccc4n5-c4ccccc4)cc3c3cc([Si](c4ccccc4)(c4ccccc4)c4ccccc4)ccc32)cc1. The molecule has 13 rings (SSSR count). The van der Waals surface area contributed by atoms with Gasteiger partial charge in [0.1, 0.15) is 17.3 Å². The molecular formula is C66H46FN3OSi. The van der Waals surface area contributed by atoms with E-state index in [1.165, 1.54) is 26.1 Å². The van der Waals surface area contributed by atoms with Crippen LogP contribution in [0.15, 0.2) is 279 Å². The fourth-order valence-corrected chi connectivity index (χ4v) is 15.8. The third kappa shape index (κ3) is 7.27. The molecule has 0 saturated carbocycles. The number of hydrogen-bond acceptors (Lipinski definition) is 2. The smallest absolute Gasteiger partial charge is 0.179 e. The zero-order valence-corrected chi connectivity index (χ0v) is 40.2. The second-order valence-electron chi connectivity index (χ2n) is 18.2. The molecule has 11 aromatic carbocycles. The molecule has 72 heavy (non-hydrogen) atoms. The van der Waals surface area contributed by atoms with Gasteiger partial charge in [0.15, 0.2) is 8.07 Å². The molecule has 0 aliphatic rings. The minimum atomic E-state index is -2.91. The maximum atomic E-state index is 14.7. The van der Waals surface area contributed by atoms with Gasteiger partial charge in [0.2, 0.25) is 0 Å². The Labute approximate surface area is 418 Å². The number of ether oxygens (including phenoxy) is 1. The van der Waals surface area contributed by atoms with Crippen molar-refractivity contribution in [2.24, 2.45) is 0 Å². The quantitative estimate of drug-likeness (QED) is 0.0952. The van der Waals surface area contributed by atoms with Crippen molar-refractivity contribution >= 4 is 89.5 Å². The monoisotopic (exact) mass is 943 g/mol.